The predicted octanol–water partition coefficient (Wildman–Crippen LogP) is 2.28. The number of aromatic amines is 1. The van der Waals surface area contributed by atoms with E-state index in [-0.39, 0.29) is 17.9 Å². The summed E-state index contributed by atoms with van der Waals surface area (Å²) in [6.45, 7) is 7.45. The number of benzene rings is 1. The zero-order chi connectivity index (χ0) is 21.9. The molecular formula is C24H28N4O3. The molecule has 2 bridgehead atoms. The topological polar surface area (TPSA) is 78.5 Å². The van der Waals surface area contributed by atoms with Gasteiger partial charge in [0.2, 0.25) is 11.8 Å². The third-order valence-electron chi connectivity index (χ3n) is 6.85. The quantitative estimate of drug-likeness (QED) is 0.753. The molecule has 1 aromatic carbocycles. The molecule has 2 amide bonds. The Hall–Kier alpha value is -2.93. The molecule has 3 aliphatic heterocycles. The lowest BCUT2D eigenvalue weighted by Gasteiger charge is -2.27. The van der Waals surface area contributed by atoms with Gasteiger partial charge < -0.3 is 19.5 Å². The molecule has 0 saturated carbocycles. The highest BCUT2D eigenvalue weighted by Crippen LogP contribution is 2.52. The minimum absolute atomic E-state index is 0.00773. The molecule has 1 aromatic heterocycles. The van der Waals surface area contributed by atoms with Crippen molar-refractivity contribution in [1.29, 1.82) is 0 Å². The highest BCUT2D eigenvalue weighted by Gasteiger charge is 2.67. The molecule has 2 saturated heterocycles. The SMILES string of the molecule is Cc1ccc(C)c(CN2C[C@]34C=C[C@H](O3)[C@@H](C(=O)N(C)Cc3ncc(C)[nH]3)[C@@H]4C2=O)c1. The van der Waals surface area contributed by atoms with Crippen molar-refractivity contribution in [2.24, 2.45) is 11.8 Å². The third kappa shape index (κ3) is 3.19. The van der Waals surface area contributed by atoms with Crippen LogP contribution in [-0.4, -0.2) is 56.9 Å². The Morgan fingerprint density at radius 3 is 2.90 bits per heavy atom. The summed E-state index contributed by atoms with van der Waals surface area (Å²) in [7, 11) is 1.76. The van der Waals surface area contributed by atoms with Gasteiger partial charge in [0.15, 0.2) is 0 Å². The van der Waals surface area contributed by atoms with Gasteiger partial charge in [0.1, 0.15) is 11.4 Å². The van der Waals surface area contributed by atoms with Crippen LogP contribution < -0.4 is 0 Å². The van der Waals surface area contributed by atoms with E-state index >= 15 is 0 Å². The second-order valence-corrected chi connectivity index (χ2v) is 9.23. The lowest BCUT2D eigenvalue weighted by molar-refractivity contribution is -0.143. The summed E-state index contributed by atoms with van der Waals surface area (Å²) in [6, 6.07) is 6.30. The van der Waals surface area contributed by atoms with Crippen LogP contribution in [0.3, 0.4) is 0 Å². The summed E-state index contributed by atoms with van der Waals surface area (Å²) in [5, 5.41) is 0. The van der Waals surface area contributed by atoms with Gasteiger partial charge in [0, 0.05) is 25.5 Å². The number of fused-ring (bicyclic) bond motifs is 1. The van der Waals surface area contributed by atoms with Crippen molar-refractivity contribution in [2.75, 3.05) is 13.6 Å². The zero-order valence-electron chi connectivity index (χ0n) is 18.4. The fourth-order valence-corrected chi connectivity index (χ4v) is 5.27. The van der Waals surface area contributed by atoms with Crippen LogP contribution >= 0.6 is 0 Å². The molecular weight excluding hydrogens is 392 g/mol. The van der Waals surface area contributed by atoms with Gasteiger partial charge in [0.05, 0.1) is 31.0 Å². The summed E-state index contributed by atoms with van der Waals surface area (Å²) < 4.78 is 6.27. The molecule has 2 aromatic rings. The van der Waals surface area contributed by atoms with Gasteiger partial charge in [-0.15, -0.1) is 0 Å². The average molecular weight is 421 g/mol. The Bertz CT molecular complexity index is 1090. The Morgan fingerprint density at radius 2 is 2.16 bits per heavy atom. The number of H-pyrrole nitrogens is 1. The first-order valence-corrected chi connectivity index (χ1v) is 10.7. The van der Waals surface area contributed by atoms with Crippen molar-refractivity contribution in [1.82, 2.24) is 19.8 Å². The van der Waals surface area contributed by atoms with Crippen molar-refractivity contribution < 1.29 is 14.3 Å². The standard InChI is InChI=1S/C24H28N4O3/c1-14-5-6-15(2)17(9-14)11-28-13-24-8-7-18(31-24)20(21(24)23(28)30)22(29)27(4)12-19-25-10-16(3)26-19/h5-10,18,20-21H,11-13H2,1-4H3,(H,25,26)/t18-,20+,21+,24-/m0/s1. The summed E-state index contributed by atoms with van der Waals surface area (Å²) in [5.41, 5.74) is 3.73. The third-order valence-corrected chi connectivity index (χ3v) is 6.85. The van der Waals surface area contributed by atoms with Gasteiger partial charge in [0.25, 0.3) is 0 Å². The summed E-state index contributed by atoms with van der Waals surface area (Å²) >= 11 is 0. The summed E-state index contributed by atoms with van der Waals surface area (Å²) in [5.74, 6) is -0.300. The minimum Gasteiger partial charge on any atom is -0.360 e. The molecule has 0 radical (unpaired) electrons. The van der Waals surface area contributed by atoms with Gasteiger partial charge in [-0.05, 0) is 31.9 Å². The lowest BCUT2D eigenvalue weighted by Crippen LogP contribution is -2.44. The first-order chi connectivity index (χ1) is 14.8. The van der Waals surface area contributed by atoms with Crippen LogP contribution in [0.4, 0.5) is 0 Å². The second-order valence-electron chi connectivity index (χ2n) is 9.23. The largest absolute Gasteiger partial charge is 0.360 e. The van der Waals surface area contributed by atoms with Gasteiger partial charge >= 0.3 is 0 Å². The van der Waals surface area contributed by atoms with Gasteiger partial charge in [-0.1, -0.05) is 35.9 Å². The van der Waals surface area contributed by atoms with E-state index < -0.39 is 17.4 Å². The van der Waals surface area contributed by atoms with Crippen molar-refractivity contribution in [3.63, 3.8) is 0 Å². The number of nitrogens with zero attached hydrogens (tertiary/aromatic N) is 3. The number of hydrogen-bond acceptors (Lipinski definition) is 4. The van der Waals surface area contributed by atoms with Crippen molar-refractivity contribution in [3.05, 3.63) is 64.8 Å². The average Bonchev–Trinajstić information content (AvgIpc) is 3.46. The smallest absolute Gasteiger partial charge is 0.230 e. The van der Waals surface area contributed by atoms with Crippen molar-refractivity contribution in [3.8, 4) is 0 Å². The first kappa shape index (κ1) is 20.0. The van der Waals surface area contributed by atoms with E-state index in [4.69, 9.17) is 4.74 Å². The van der Waals surface area contributed by atoms with E-state index in [9.17, 15) is 9.59 Å². The van der Waals surface area contributed by atoms with E-state index in [1.165, 1.54) is 5.56 Å². The number of carbonyl (C=O) groups is 2. The number of nitrogens with one attached hydrogen (secondary N) is 1. The number of likely N-dealkylation sites (tertiary alicyclic amines) is 1. The van der Waals surface area contributed by atoms with Crippen LogP contribution in [0.1, 0.15) is 28.2 Å². The number of ether oxygens (including phenoxy) is 1. The lowest BCUT2D eigenvalue weighted by atomic mass is 9.76. The Balaban J connectivity index is 1.37. The van der Waals surface area contributed by atoms with E-state index in [1.54, 1.807) is 18.1 Å². The molecule has 2 fully saturated rings. The monoisotopic (exact) mass is 420 g/mol. The van der Waals surface area contributed by atoms with Gasteiger partial charge in [-0.3, -0.25) is 9.59 Å². The van der Waals surface area contributed by atoms with Crippen molar-refractivity contribution in [2.45, 2.75) is 45.6 Å². The molecule has 7 nitrogen and oxygen atoms in total. The molecule has 31 heavy (non-hydrogen) atoms. The first-order valence-electron chi connectivity index (χ1n) is 10.7. The van der Waals surface area contributed by atoms with Crippen LogP contribution in [-0.2, 0) is 27.4 Å². The number of carbonyl (C=O) groups excluding carboxylic acids is 2. The van der Waals surface area contributed by atoms with Gasteiger partial charge in [-0.2, -0.15) is 0 Å². The molecule has 3 aliphatic rings. The second kappa shape index (κ2) is 7.05. The van der Waals surface area contributed by atoms with E-state index in [0.29, 0.717) is 19.6 Å². The zero-order valence-corrected chi connectivity index (χ0v) is 18.4. The Kier molecular flexibility index (Phi) is 4.55. The number of aromatic nitrogens is 2. The minimum atomic E-state index is -0.693. The highest BCUT2D eigenvalue weighted by molar-refractivity contribution is 5.93. The number of hydrogen-bond donors (Lipinski definition) is 1. The van der Waals surface area contributed by atoms with Crippen LogP contribution in [0.25, 0.3) is 0 Å². The Morgan fingerprint density at radius 1 is 1.35 bits per heavy atom. The molecule has 0 aliphatic carbocycles. The highest BCUT2D eigenvalue weighted by atomic mass is 16.5. The fraction of sp³-hybridized carbons (Fsp3) is 0.458. The normalized spacial score (nSPS) is 28.5. The molecule has 162 valence electrons. The van der Waals surface area contributed by atoms with E-state index in [1.807, 2.05) is 24.0 Å². The number of aryl methyl sites for hydroxylation is 3. The maximum absolute atomic E-state index is 13.5. The van der Waals surface area contributed by atoms with Crippen LogP contribution in [0.2, 0.25) is 0 Å². The molecule has 1 N–H and O–H groups in total. The molecule has 4 heterocycles. The molecule has 4 atom stereocenters. The molecule has 7 heteroatoms. The van der Waals surface area contributed by atoms with Crippen molar-refractivity contribution >= 4 is 11.8 Å². The molecule has 1 spiro atoms. The maximum atomic E-state index is 13.5. The van der Waals surface area contributed by atoms with Crippen LogP contribution in [0.15, 0.2) is 36.5 Å². The predicted molar refractivity (Wildman–Crippen MR) is 115 cm³/mol. The summed E-state index contributed by atoms with van der Waals surface area (Å²) in [6.07, 6.45) is 5.37. The van der Waals surface area contributed by atoms with Crippen LogP contribution in [0.5, 0.6) is 0 Å². The van der Waals surface area contributed by atoms with Gasteiger partial charge in [-0.25, -0.2) is 4.98 Å². The molecule has 5 rings (SSSR count). The molecule has 0 unspecified atom stereocenters. The summed E-state index contributed by atoms with van der Waals surface area (Å²) in [4.78, 5) is 37.8. The van der Waals surface area contributed by atoms with E-state index in [0.717, 1.165) is 22.6 Å². The van der Waals surface area contributed by atoms with E-state index in [2.05, 4.69) is 42.0 Å². The van der Waals surface area contributed by atoms with Crippen LogP contribution in [0, 0.1) is 32.6 Å². The Labute approximate surface area is 182 Å². The maximum Gasteiger partial charge on any atom is 0.230 e. The number of amides is 2. The fourth-order valence-electron chi connectivity index (χ4n) is 5.27. The number of rotatable bonds is 5. The number of imidazole rings is 1.